The molecule has 1 saturated heterocycles. The SMILES string of the molecule is CN(C)S(=O)(=O)c1cccc(C(=O)NCC(=O)Nc2ccc(N3CCNC3=O)cc2)c1. The van der Waals surface area contributed by atoms with Crippen molar-refractivity contribution < 1.29 is 22.8 Å². The van der Waals surface area contributed by atoms with E-state index in [1.165, 1.54) is 38.4 Å². The maximum Gasteiger partial charge on any atom is 0.321 e. The van der Waals surface area contributed by atoms with Gasteiger partial charge < -0.3 is 16.0 Å². The fourth-order valence-electron chi connectivity index (χ4n) is 2.92. The molecule has 1 aliphatic rings. The molecular formula is C20H23N5O5S. The number of rotatable bonds is 7. The predicted molar refractivity (Wildman–Crippen MR) is 115 cm³/mol. The summed E-state index contributed by atoms with van der Waals surface area (Å²) < 4.78 is 25.5. The Morgan fingerprint density at radius 3 is 2.45 bits per heavy atom. The fourth-order valence-corrected chi connectivity index (χ4v) is 3.87. The number of anilines is 2. The van der Waals surface area contributed by atoms with Gasteiger partial charge in [-0.15, -0.1) is 0 Å². The molecule has 0 radical (unpaired) electrons. The lowest BCUT2D eigenvalue weighted by Crippen LogP contribution is -2.33. The molecule has 0 spiro atoms. The molecule has 1 aliphatic heterocycles. The Bertz CT molecular complexity index is 1100. The summed E-state index contributed by atoms with van der Waals surface area (Å²) in [6, 6.07) is 12.2. The number of hydrogen-bond acceptors (Lipinski definition) is 5. The summed E-state index contributed by atoms with van der Waals surface area (Å²) in [5.74, 6) is -1.02. The normalized spacial score (nSPS) is 13.8. The molecule has 0 unspecified atom stereocenters. The largest absolute Gasteiger partial charge is 0.343 e. The van der Waals surface area contributed by atoms with E-state index in [1.54, 1.807) is 29.2 Å². The maximum atomic E-state index is 12.3. The van der Waals surface area contributed by atoms with E-state index in [2.05, 4.69) is 16.0 Å². The zero-order valence-corrected chi connectivity index (χ0v) is 17.9. The number of nitrogens with zero attached hydrogens (tertiary/aromatic N) is 2. The van der Waals surface area contributed by atoms with E-state index in [0.29, 0.717) is 24.5 Å². The lowest BCUT2D eigenvalue weighted by atomic mass is 10.2. The van der Waals surface area contributed by atoms with Crippen LogP contribution in [0.1, 0.15) is 10.4 Å². The Labute approximate surface area is 180 Å². The van der Waals surface area contributed by atoms with Crippen molar-refractivity contribution in [2.45, 2.75) is 4.90 Å². The van der Waals surface area contributed by atoms with Gasteiger partial charge in [-0.1, -0.05) is 6.07 Å². The first-order valence-corrected chi connectivity index (χ1v) is 10.9. The molecule has 0 aliphatic carbocycles. The van der Waals surface area contributed by atoms with Crippen LogP contribution >= 0.6 is 0 Å². The van der Waals surface area contributed by atoms with Crippen molar-refractivity contribution in [2.75, 3.05) is 43.9 Å². The van der Waals surface area contributed by atoms with E-state index in [0.717, 1.165) is 4.31 Å². The molecular weight excluding hydrogens is 422 g/mol. The lowest BCUT2D eigenvalue weighted by molar-refractivity contribution is -0.115. The molecule has 10 nitrogen and oxygen atoms in total. The monoisotopic (exact) mass is 445 g/mol. The number of nitrogens with one attached hydrogen (secondary N) is 3. The van der Waals surface area contributed by atoms with E-state index < -0.39 is 21.8 Å². The maximum absolute atomic E-state index is 12.3. The standard InChI is InChI=1S/C20H23N5O5S/c1-24(2)31(29,30)17-5-3-4-14(12-17)19(27)22-13-18(26)23-15-6-8-16(9-7-15)25-11-10-21-20(25)28/h3-9,12H,10-11,13H2,1-2H3,(H,21,28)(H,22,27)(H,23,26). The van der Waals surface area contributed by atoms with Gasteiger partial charge in [0.15, 0.2) is 0 Å². The molecule has 0 aromatic heterocycles. The third-order valence-electron chi connectivity index (χ3n) is 4.60. The number of amides is 4. The first-order valence-electron chi connectivity index (χ1n) is 9.44. The van der Waals surface area contributed by atoms with Crippen molar-refractivity contribution in [2.24, 2.45) is 0 Å². The van der Waals surface area contributed by atoms with Crippen LogP contribution in [0, 0.1) is 0 Å². The second-order valence-corrected chi connectivity index (χ2v) is 9.13. The van der Waals surface area contributed by atoms with Gasteiger partial charge in [0.05, 0.1) is 11.4 Å². The summed E-state index contributed by atoms with van der Waals surface area (Å²) in [6.07, 6.45) is 0. The number of urea groups is 1. The van der Waals surface area contributed by atoms with Gasteiger partial charge in [-0.05, 0) is 42.5 Å². The van der Waals surface area contributed by atoms with Crippen LogP contribution in [0.3, 0.4) is 0 Å². The highest BCUT2D eigenvalue weighted by molar-refractivity contribution is 7.89. The second-order valence-electron chi connectivity index (χ2n) is 6.98. The topological polar surface area (TPSA) is 128 Å². The summed E-state index contributed by atoms with van der Waals surface area (Å²) in [5, 5.41) is 7.84. The van der Waals surface area contributed by atoms with Crippen LogP contribution in [0.5, 0.6) is 0 Å². The van der Waals surface area contributed by atoms with Crippen LogP contribution in [0.2, 0.25) is 0 Å². The highest BCUT2D eigenvalue weighted by Crippen LogP contribution is 2.19. The quantitative estimate of drug-likeness (QED) is 0.582. The molecule has 3 rings (SSSR count). The van der Waals surface area contributed by atoms with Crippen molar-refractivity contribution in [3.8, 4) is 0 Å². The van der Waals surface area contributed by atoms with Crippen molar-refractivity contribution in [3.05, 3.63) is 54.1 Å². The highest BCUT2D eigenvalue weighted by Gasteiger charge is 2.21. The van der Waals surface area contributed by atoms with Crippen molar-refractivity contribution in [1.29, 1.82) is 0 Å². The Balaban J connectivity index is 1.56. The van der Waals surface area contributed by atoms with Crippen molar-refractivity contribution in [1.82, 2.24) is 14.9 Å². The van der Waals surface area contributed by atoms with Crippen LogP contribution < -0.4 is 20.9 Å². The van der Waals surface area contributed by atoms with Crippen LogP contribution in [0.25, 0.3) is 0 Å². The number of sulfonamides is 1. The summed E-state index contributed by atoms with van der Waals surface area (Å²) in [4.78, 5) is 37.7. The van der Waals surface area contributed by atoms with Crippen LogP contribution in [0.4, 0.5) is 16.2 Å². The van der Waals surface area contributed by atoms with E-state index in [1.807, 2.05) is 0 Å². The Hall–Kier alpha value is -3.44. The molecule has 0 atom stereocenters. The summed E-state index contributed by atoms with van der Waals surface area (Å²) in [6.45, 7) is 0.869. The van der Waals surface area contributed by atoms with E-state index in [-0.39, 0.29) is 23.0 Å². The first-order chi connectivity index (χ1) is 14.7. The average Bonchev–Trinajstić information content (AvgIpc) is 3.18. The third kappa shape index (κ3) is 5.19. The molecule has 2 aromatic rings. The van der Waals surface area contributed by atoms with Gasteiger partial charge >= 0.3 is 6.03 Å². The van der Waals surface area contributed by atoms with Gasteiger partial charge in [-0.2, -0.15) is 0 Å². The molecule has 0 bridgehead atoms. The average molecular weight is 446 g/mol. The molecule has 0 saturated carbocycles. The fraction of sp³-hybridized carbons (Fsp3) is 0.250. The minimum atomic E-state index is -3.67. The molecule has 4 amide bonds. The lowest BCUT2D eigenvalue weighted by Gasteiger charge is -2.15. The molecule has 3 N–H and O–H groups in total. The third-order valence-corrected chi connectivity index (χ3v) is 6.41. The van der Waals surface area contributed by atoms with Gasteiger partial charge in [-0.3, -0.25) is 14.5 Å². The molecule has 1 fully saturated rings. The zero-order valence-electron chi connectivity index (χ0n) is 17.1. The Morgan fingerprint density at radius 1 is 1.13 bits per heavy atom. The van der Waals surface area contributed by atoms with Crippen LogP contribution in [0.15, 0.2) is 53.4 Å². The number of carbonyl (C=O) groups is 3. The molecule has 1 heterocycles. The molecule has 164 valence electrons. The van der Waals surface area contributed by atoms with Gasteiger partial charge in [0.25, 0.3) is 5.91 Å². The second kappa shape index (κ2) is 9.14. The van der Waals surface area contributed by atoms with Crippen LogP contribution in [-0.4, -0.2) is 64.3 Å². The zero-order chi connectivity index (χ0) is 22.6. The number of hydrogen-bond donors (Lipinski definition) is 3. The van der Waals surface area contributed by atoms with Gasteiger partial charge in [0, 0.05) is 44.1 Å². The van der Waals surface area contributed by atoms with Crippen LogP contribution in [-0.2, 0) is 14.8 Å². The minimum absolute atomic E-state index is 0.0126. The Kier molecular flexibility index (Phi) is 6.56. The highest BCUT2D eigenvalue weighted by atomic mass is 32.2. The molecule has 31 heavy (non-hydrogen) atoms. The van der Waals surface area contributed by atoms with Gasteiger partial charge in [0.2, 0.25) is 15.9 Å². The summed E-state index contributed by atoms with van der Waals surface area (Å²) in [7, 11) is -0.869. The molecule has 2 aromatic carbocycles. The van der Waals surface area contributed by atoms with Crippen molar-refractivity contribution >= 4 is 39.2 Å². The molecule has 11 heteroatoms. The summed E-state index contributed by atoms with van der Waals surface area (Å²) >= 11 is 0. The number of carbonyl (C=O) groups excluding carboxylic acids is 3. The van der Waals surface area contributed by atoms with Gasteiger partial charge in [-0.25, -0.2) is 17.5 Å². The van der Waals surface area contributed by atoms with Crippen molar-refractivity contribution in [3.63, 3.8) is 0 Å². The smallest absolute Gasteiger partial charge is 0.321 e. The first kappa shape index (κ1) is 22.2. The number of benzene rings is 2. The summed E-state index contributed by atoms with van der Waals surface area (Å²) in [5.41, 5.74) is 1.36. The predicted octanol–water partition coefficient (Wildman–Crippen LogP) is 0.835. The Morgan fingerprint density at radius 2 is 1.84 bits per heavy atom. The van der Waals surface area contributed by atoms with E-state index >= 15 is 0 Å². The minimum Gasteiger partial charge on any atom is -0.343 e. The van der Waals surface area contributed by atoms with Gasteiger partial charge in [0.1, 0.15) is 0 Å². The van der Waals surface area contributed by atoms with E-state index in [9.17, 15) is 22.8 Å². The van der Waals surface area contributed by atoms with E-state index in [4.69, 9.17) is 0 Å².